The Morgan fingerprint density at radius 3 is 2.50 bits per heavy atom. The van der Waals surface area contributed by atoms with Gasteiger partial charge in [-0.2, -0.15) is 0 Å². The van der Waals surface area contributed by atoms with Crippen LogP contribution in [0.1, 0.15) is 0 Å². The number of nitrogens with zero attached hydrogens (tertiary/aromatic N) is 4. The van der Waals surface area contributed by atoms with E-state index in [2.05, 4.69) is 9.97 Å². The van der Waals surface area contributed by atoms with Crippen molar-refractivity contribution in [3.8, 4) is 5.75 Å². The van der Waals surface area contributed by atoms with E-state index >= 15 is 0 Å². The number of rotatable bonds is 1. The highest BCUT2D eigenvalue weighted by Gasteiger charge is 2.12. The predicted molar refractivity (Wildman–Crippen MR) is 74.1 cm³/mol. The van der Waals surface area contributed by atoms with Crippen LogP contribution in [0.25, 0.3) is 22.2 Å². The lowest BCUT2D eigenvalue weighted by Crippen LogP contribution is -2.37. The smallest absolute Gasteiger partial charge is 0.332 e. The Kier molecular flexibility index (Phi) is 2.56. The Labute approximate surface area is 113 Å². The molecule has 0 aliphatic carbocycles. The van der Waals surface area contributed by atoms with Crippen molar-refractivity contribution < 1.29 is 4.74 Å². The maximum absolute atomic E-state index is 12.1. The first-order valence-electron chi connectivity index (χ1n) is 5.94. The van der Waals surface area contributed by atoms with Gasteiger partial charge in [0.2, 0.25) is 0 Å². The standard InChI is InChI=1S/C13H12N4O3/c1-16-11-10(12(18)17(2)13(16)19)14-9-6-7(20-3)4-5-8(9)15-11/h4-6H,1-3H3. The largest absolute Gasteiger partial charge is 0.497 e. The molecule has 0 N–H and O–H groups in total. The summed E-state index contributed by atoms with van der Waals surface area (Å²) >= 11 is 0. The average molecular weight is 272 g/mol. The molecule has 0 radical (unpaired) electrons. The summed E-state index contributed by atoms with van der Waals surface area (Å²) in [5.74, 6) is 0.632. The molecule has 102 valence electrons. The molecule has 7 heteroatoms. The molecule has 3 aromatic rings. The van der Waals surface area contributed by atoms with Crippen LogP contribution in [0.4, 0.5) is 0 Å². The van der Waals surface area contributed by atoms with Gasteiger partial charge in [0, 0.05) is 20.2 Å². The minimum atomic E-state index is -0.458. The summed E-state index contributed by atoms with van der Waals surface area (Å²) in [6, 6.07) is 5.19. The molecule has 0 saturated heterocycles. The Balaban J connectivity index is 2.54. The van der Waals surface area contributed by atoms with E-state index < -0.39 is 11.2 Å². The molecule has 2 aromatic heterocycles. The Hall–Kier alpha value is -2.70. The van der Waals surface area contributed by atoms with E-state index in [0.29, 0.717) is 16.8 Å². The summed E-state index contributed by atoms with van der Waals surface area (Å²) in [7, 11) is 4.54. The lowest BCUT2D eigenvalue weighted by Gasteiger charge is -2.07. The summed E-state index contributed by atoms with van der Waals surface area (Å²) in [5.41, 5.74) is 0.699. The summed E-state index contributed by atoms with van der Waals surface area (Å²) in [6.45, 7) is 0. The van der Waals surface area contributed by atoms with Crippen LogP contribution in [-0.2, 0) is 14.1 Å². The van der Waals surface area contributed by atoms with Gasteiger partial charge in [0.15, 0.2) is 11.2 Å². The zero-order valence-electron chi connectivity index (χ0n) is 11.2. The summed E-state index contributed by atoms with van der Waals surface area (Å²) in [4.78, 5) is 32.7. The first kappa shape index (κ1) is 12.3. The Bertz CT molecular complexity index is 956. The third-order valence-electron chi connectivity index (χ3n) is 3.25. The van der Waals surface area contributed by atoms with Crippen molar-refractivity contribution in [3.05, 3.63) is 39.0 Å². The van der Waals surface area contributed by atoms with E-state index in [1.54, 1.807) is 32.4 Å². The normalized spacial score (nSPS) is 11.2. The number of hydrogen-bond donors (Lipinski definition) is 0. The van der Waals surface area contributed by atoms with Crippen molar-refractivity contribution in [2.45, 2.75) is 0 Å². The van der Waals surface area contributed by atoms with E-state index in [9.17, 15) is 9.59 Å². The second-order valence-electron chi connectivity index (χ2n) is 4.46. The lowest BCUT2D eigenvalue weighted by atomic mass is 10.3. The van der Waals surface area contributed by atoms with Crippen LogP contribution in [-0.4, -0.2) is 26.2 Å². The minimum absolute atomic E-state index is 0.162. The lowest BCUT2D eigenvalue weighted by molar-refractivity contribution is 0.415. The van der Waals surface area contributed by atoms with Crippen LogP contribution >= 0.6 is 0 Å². The van der Waals surface area contributed by atoms with Gasteiger partial charge < -0.3 is 4.74 Å². The maximum Gasteiger partial charge on any atom is 0.332 e. The molecule has 0 aliphatic heterocycles. The van der Waals surface area contributed by atoms with Crippen molar-refractivity contribution in [2.75, 3.05) is 7.11 Å². The molecule has 0 atom stereocenters. The van der Waals surface area contributed by atoms with Crippen molar-refractivity contribution in [2.24, 2.45) is 14.1 Å². The molecular weight excluding hydrogens is 260 g/mol. The van der Waals surface area contributed by atoms with Gasteiger partial charge in [-0.15, -0.1) is 0 Å². The van der Waals surface area contributed by atoms with Crippen LogP contribution in [0.3, 0.4) is 0 Å². The Morgan fingerprint density at radius 1 is 1.05 bits per heavy atom. The molecule has 0 fully saturated rings. The maximum atomic E-state index is 12.1. The molecule has 0 bridgehead atoms. The molecular formula is C13H12N4O3. The van der Waals surface area contributed by atoms with E-state index in [1.165, 1.54) is 11.6 Å². The second kappa shape index (κ2) is 4.16. The molecule has 0 saturated carbocycles. The average Bonchev–Trinajstić information content (AvgIpc) is 2.48. The van der Waals surface area contributed by atoms with Gasteiger partial charge in [-0.3, -0.25) is 13.9 Å². The molecule has 0 aliphatic rings. The molecule has 0 spiro atoms. The number of ether oxygens (including phenoxy) is 1. The number of methoxy groups -OCH3 is 1. The highest BCUT2D eigenvalue weighted by Crippen LogP contribution is 2.18. The van der Waals surface area contributed by atoms with E-state index in [1.807, 2.05) is 0 Å². The van der Waals surface area contributed by atoms with Gasteiger partial charge in [0.05, 0.1) is 18.1 Å². The van der Waals surface area contributed by atoms with Gasteiger partial charge in [0.25, 0.3) is 5.56 Å². The summed E-state index contributed by atoms with van der Waals surface area (Å²) < 4.78 is 7.45. The topological polar surface area (TPSA) is 79.0 Å². The second-order valence-corrected chi connectivity index (χ2v) is 4.46. The first-order valence-corrected chi connectivity index (χ1v) is 5.94. The van der Waals surface area contributed by atoms with Crippen molar-refractivity contribution >= 4 is 22.2 Å². The molecule has 7 nitrogen and oxygen atoms in total. The number of benzene rings is 1. The predicted octanol–water partition coefficient (Wildman–Crippen LogP) is 0.189. The fraction of sp³-hybridized carbons (Fsp3) is 0.231. The highest BCUT2D eigenvalue weighted by molar-refractivity contribution is 5.84. The Morgan fingerprint density at radius 2 is 1.80 bits per heavy atom. The molecule has 3 rings (SSSR count). The monoisotopic (exact) mass is 272 g/mol. The van der Waals surface area contributed by atoms with Gasteiger partial charge in [-0.05, 0) is 12.1 Å². The quantitative estimate of drug-likeness (QED) is 0.591. The van der Waals surface area contributed by atoms with Crippen LogP contribution in [0, 0.1) is 0 Å². The minimum Gasteiger partial charge on any atom is -0.497 e. The SMILES string of the molecule is COc1ccc2nc3c(nc2c1)c(=O)n(C)c(=O)n3C. The number of aryl methyl sites for hydroxylation is 1. The third kappa shape index (κ3) is 1.59. The van der Waals surface area contributed by atoms with E-state index in [-0.39, 0.29) is 11.2 Å². The van der Waals surface area contributed by atoms with E-state index in [0.717, 1.165) is 4.57 Å². The first-order chi connectivity index (χ1) is 9.52. The zero-order chi connectivity index (χ0) is 14.4. The van der Waals surface area contributed by atoms with Gasteiger partial charge in [-0.1, -0.05) is 0 Å². The highest BCUT2D eigenvalue weighted by atomic mass is 16.5. The van der Waals surface area contributed by atoms with E-state index in [4.69, 9.17) is 4.74 Å². The third-order valence-corrected chi connectivity index (χ3v) is 3.25. The molecule has 0 unspecified atom stereocenters. The summed E-state index contributed by atoms with van der Waals surface area (Å²) in [5, 5.41) is 0. The van der Waals surface area contributed by atoms with Crippen LogP contribution in [0.5, 0.6) is 5.75 Å². The molecule has 0 amide bonds. The van der Waals surface area contributed by atoms with Gasteiger partial charge in [-0.25, -0.2) is 14.8 Å². The van der Waals surface area contributed by atoms with Crippen molar-refractivity contribution in [1.82, 2.24) is 19.1 Å². The van der Waals surface area contributed by atoms with Crippen LogP contribution in [0.15, 0.2) is 27.8 Å². The fourth-order valence-electron chi connectivity index (χ4n) is 2.09. The van der Waals surface area contributed by atoms with Gasteiger partial charge >= 0.3 is 5.69 Å². The van der Waals surface area contributed by atoms with Crippen LogP contribution < -0.4 is 16.0 Å². The fourth-order valence-corrected chi connectivity index (χ4v) is 2.09. The van der Waals surface area contributed by atoms with Gasteiger partial charge in [0.1, 0.15) is 5.75 Å². The van der Waals surface area contributed by atoms with Crippen molar-refractivity contribution in [1.29, 1.82) is 0 Å². The molecule has 20 heavy (non-hydrogen) atoms. The number of fused-ring (bicyclic) bond motifs is 2. The van der Waals surface area contributed by atoms with Crippen molar-refractivity contribution in [3.63, 3.8) is 0 Å². The number of aromatic nitrogens is 4. The number of hydrogen-bond acceptors (Lipinski definition) is 5. The molecule has 1 aromatic carbocycles. The summed E-state index contributed by atoms with van der Waals surface area (Å²) in [6.07, 6.45) is 0. The zero-order valence-corrected chi connectivity index (χ0v) is 11.2. The van der Waals surface area contributed by atoms with Crippen LogP contribution in [0.2, 0.25) is 0 Å². The molecule has 2 heterocycles.